The van der Waals surface area contributed by atoms with Crippen LogP contribution in [0.25, 0.3) is 33.7 Å². The van der Waals surface area contributed by atoms with Crippen molar-refractivity contribution in [3.8, 4) is 29.2 Å². The lowest BCUT2D eigenvalue weighted by Crippen LogP contribution is -2.17. The first-order valence-electron chi connectivity index (χ1n) is 16.8. The van der Waals surface area contributed by atoms with E-state index in [1.54, 1.807) is 23.9 Å². The summed E-state index contributed by atoms with van der Waals surface area (Å²) in [6.07, 6.45) is -3.43. The van der Waals surface area contributed by atoms with Gasteiger partial charge < -0.3 is 25.4 Å². The zero-order chi connectivity index (χ0) is 40.9. The van der Waals surface area contributed by atoms with Crippen molar-refractivity contribution in [1.82, 2.24) is 39.0 Å². The lowest BCUT2D eigenvalue weighted by molar-refractivity contribution is -0.275. The fourth-order valence-electron chi connectivity index (χ4n) is 5.58. The van der Waals surface area contributed by atoms with Gasteiger partial charge in [0, 0.05) is 18.4 Å². The number of para-hydroxylation sites is 4. The largest absolute Gasteiger partial charge is 0.573 e. The zero-order valence-corrected chi connectivity index (χ0v) is 29.7. The first kappa shape index (κ1) is 38.3. The number of benzene rings is 4. The van der Waals surface area contributed by atoms with Gasteiger partial charge in [0.2, 0.25) is 11.8 Å². The third-order valence-corrected chi connectivity index (χ3v) is 7.87. The fourth-order valence-corrected chi connectivity index (χ4v) is 5.58. The molecule has 8 rings (SSSR count). The Bertz CT molecular complexity index is 2730. The molecule has 0 unspecified atom stereocenters. The van der Waals surface area contributed by atoms with Crippen molar-refractivity contribution in [1.29, 1.82) is 5.26 Å². The fraction of sp³-hybridized carbons (Fsp3) is 0.0789. The average molecular weight is 797 g/mol. The summed E-state index contributed by atoms with van der Waals surface area (Å²) in [5, 5.41) is 18.4. The van der Waals surface area contributed by atoms with Crippen LogP contribution in [-0.4, -0.2) is 58.8 Å². The maximum Gasteiger partial charge on any atom is 0.573 e. The molecule has 0 saturated carbocycles. The summed E-state index contributed by atoms with van der Waals surface area (Å²) in [5.74, 6) is 1.80. The molecule has 14 nitrogen and oxygen atoms in total. The predicted molar refractivity (Wildman–Crippen MR) is 200 cm³/mol. The second-order valence-electron chi connectivity index (χ2n) is 11.8. The highest BCUT2D eigenvalue weighted by molar-refractivity contribution is 5.81. The van der Waals surface area contributed by atoms with Crippen molar-refractivity contribution >= 4 is 51.0 Å². The van der Waals surface area contributed by atoms with Crippen molar-refractivity contribution in [3.63, 3.8) is 0 Å². The van der Waals surface area contributed by atoms with E-state index in [1.165, 1.54) is 67.1 Å². The average Bonchev–Trinajstić information content (AvgIpc) is 3.77. The van der Waals surface area contributed by atoms with E-state index in [2.05, 4.69) is 55.3 Å². The number of imidazole rings is 2. The maximum atomic E-state index is 12.3. The van der Waals surface area contributed by atoms with E-state index < -0.39 is 12.7 Å². The molecular weight excluding hydrogens is 770 g/mol. The summed E-state index contributed by atoms with van der Waals surface area (Å²) in [4.78, 5) is 26.1. The summed E-state index contributed by atoms with van der Waals surface area (Å²) in [7, 11) is 1.76. The van der Waals surface area contributed by atoms with Crippen LogP contribution < -0.4 is 25.4 Å². The van der Waals surface area contributed by atoms with Crippen molar-refractivity contribution in [2.75, 3.05) is 23.0 Å². The van der Waals surface area contributed by atoms with Gasteiger partial charge in [-0.1, -0.05) is 24.3 Å². The van der Waals surface area contributed by atoms with Crippen LogP contribution in [0.1, 0.15) is 5.82 Å². The number of rotatable bonds is 9. The van der Waals surface area contributed by atoms with Crippen LogP contribution in [0.3, 0.4) is 0 Å². The molecule has 8 aromatic rings. The Hall–Kier alpha value is -7.95. The van der Waals surface area contributed by atoms with Gasteiger partial charge in [-0.05, 0) is 72.8 Å². The van der Waals surface area contributed by atoms with Gasteiger partial charge in [-0.3, -0.25) is 19.1 Å². The lowest BCUT2D eigenvalue weighted by Gasteiger charge is -2.11. The number of nitriles is 1. The summed E-state index contributed by atoms with van der Waals surface area (Å²) < 4.78 is 84.7. The Labute approximate surface area is 323 Å². The molecule has 292 valence electrons. The highest BCUT2D eigenvalue weighted by Gasteiger charge is 2.31. The number of anilines is 5. The molecule has 0 bridgehead atoms. The zero-order valence-electron chi connectivity index (χ0n) is 29.7. The number of halogens is 6. The highest BCUT2D eigenvalue weighted by Crippen LogP contribution is 2.28. The molecule has 0 aliphatic carbocycles. The van der Waals surface area contributed by atoms with E-state index in [0.29, 0.717) is 51.6 Å². The lowest BCUT2D eigenvalue weighted by atomic mass is 10.3. The van der Waals surface area contributed by atoms with E-state index in [4.69, 9.17) is 0 Å². The van der Waals surface area contributed by atoms with Gasteiger partial charge in [0.15, 0.2) is 23.3 Å². The van der Waals surface area contributed by atoms with Gasteiger partial charge in [-0.2, -0.15) is 5.26 Å². The van der Waals surface area contributed by atoms with Gasteiger partial charge in [0.25, 0.3) is 0 Å². The number of nitrogens with one attached hydrogen (secondary N) is 3. The minimum absolute atomic E-state index is 0.159. The maximum absolute atomic E-state index is 12.3. The molecule has 0 fully saturated rings. The minimum atomic E-state index is -4.75. The van der Waals surface area contributed by atoms with Crippen molar-refractivity contribution in [2.45, 2.75) is 12.7 Å². The topological polar surface area (TPSA) is 166 Å². The van der Waals surface area contributed by atoms with Crippen molar-refractivity contribution < 1.29 is 35.8 Å². The van der Waals surface area contributed by atoms with Gasteiger partial charge in [0.1, 0.15) is 17.6 Å². The predicted octanol–water partition coefficient (Wildman–Crippen LogP) is 8.83. The van der Waals surface area contributed by atoms with Crippen LogP contribution in [0.15, 0.2) is 122 Å². The van der Waals surface area contributed by atoms with Crippen LogP contribution in [0.4, 0.5) is 55.3 Å². The number of fused-ring (bicyclic) bond motifs is 2. The van der Waals surface area contributed by atoms with Gasteiger partial charge >= 0.3 is 12.7 Å². The van der Waals surface area contributed by atoms with Crippen molar-refractivity contribution in [2.24, 2.45) is 0 Å². The number of nitrogens with zero attached hydrogens (tertiary/aromatic N) is 9. The first-order valence-corrected chi connectivity index (χ1v) is 16.8. The molecule has 0 aliphatic heterocycles. The van der Waals surface area contributed by atoms with E-state index in [1.807, 2.05) is 53.1 Å². The molecule has 0 radical (unpaired) electrons. The van der Waals surface area contributed by atoms with Crippen LogP contribution in [-0.2, 0) is 0 Å². The van der Waals surface area contributed by atoms with Crippen LogP contribution in [0.2, 0.25) is 0 Å². The Morgan fingerprint density at radius 1 is 0.569 bits per heavy atom. The van der Waals surface area contributed by atoms with E-state index in [9.17, 15) is 31.6 Å². The number of hydrogen-bond acceptors (Lipinski definition) is 12. The van der Waals surface area contributed by atoms with E-state index in [0.717, 1.165) is 11.0 Å². The second kappa shape index (κ2) is 16.0. The molecule has 4 heterocycles. The Balaban J connectivity index is 0.000000177. The molecule has 3 N–H and O–H groups in total. The number of hydrogen-bond donors (Lipinski definition) is 3. The third-order valence-electron chi connectivity index (χ3n) is 7.87. The van der Waals surface area contributed by atoms with Crippen LogP contribution in [0.5, 0.6) is 11.5 Å². The smallest absolute Gasteiger partial charge is 0.406 e. The molecule has 0 aliphatic rings. The summed E-state index contributed by atoms with van der Waals surface area (Å²) in [6.45, 7) is 0. The quantitative estimate of drug-likeness (QED) is 0.119. The SMILES string of the molecule is CNc1nc2ccccc2n1-c1cncc(Nc2ccc(OC(F)(F)F)cc2)n1.N#Cc1nc2ccccc2n1-c1cncc(Nc2ccc(OC(F)(F)F)cc2)n1. The normalized spacial score (nSPS) is 11.3. The Kier molecular flexibility index (Phi) is 10.6. The number of alkyl halides is 6. The van der Waals surface area contributed by atoms with Gasteiger partial charge in [-0.25, -0.2) is 19.9 Å². The summed E-state index contributed by atoms with van der Waals surface area (Å²) in [5.41, 5.74) is 4.03. The van der Waals surface area contributed by atoms with E-state index >= 15 is 0 Å². The van der Waals surface area contributed by atoms with Crippen LogP contribution >= 0.6 is 0 Å². The second-order valence-corrected chi connectivity index (χ2v) is 11.8. The first-order chi connectivity index (χ1) is 27.9. The molecule has 0 atom stereocenters. The van der Waals surface area contributed by atoms with Gasteiger partial charge in [-0.15, -0.1) is 26.3 Å². The standard InChI is InChI=1S/C19H15F3N6O.C19H11F3N6O/c1-23-18-26-14-4-2-3-5-15(14)28(18)17-11-24-10-16(27-17)25-12-6-8-13(9-7-12)29-19(20,21)22;20-19(21,22)29-13-7-5-12(6-8-13)25-16-10-24-11-18(27-16)28-15-4-2-1-3-14(15)26-17(28)9-23/h2-11H,1H3,(H,23,26)(H,25,27);1-8,10-11H,(H,25,27). The summed E-state index contributed by atoms with van der Waals surface area (Å²) >= 11 is 0. The van der Waals surface area contributed by atoms with Crippen LogP contribution in [0, 0.1) is 11.3 Å². The summed E-state index contributed by atoms with van der Waals surface area (Å²) in [6, 6.07) is 27.4. The molecule has 0 spiro atoms. The molecule has 0 saturated heterocycles. The molecule has 4 aromatic heterocycles. The molecule has 20 heteroatoms. The Morgan fingerprint density at radius 2 is 1.02 bits per heavy atom. The van der Waals surface area contributed by atoms with E-state index in [-0.39, 0.29) is 17.3 Å². The molecule has 58 heavy (non-hydrogen) atoms. The monoisotopic (exact) mass is 796 g/mol. The highest BCUT2D eigenvalue weighted by atomic mass is 19.4. The third kappa shape index (κ3) is 9.11. The number of aromatic nitrogens is 8. The Morgan fingerprint density at radius 3 is 1.48 bits per heavy atom. The van der Waals surface area contributed by atoms with Crippen molar-refractivity contribution in [3.05, 3.63) is 128 Å². The minimum Gasteiger partial charge on any atom is -0.406 e. The molecule has 0 amide bonds. The molecule has 4 aromatic carbocycles. The van der Waals surface area contributed by atoms with Gasteiger partial charge in [0.05, 0.1) is 46.9 Å². The number of ether oxygens (including phenoxy) is 2. The molecular formula is C38H26F6N12O2.